The predicted octanol–water partition coefficient (Wildman–Crippen LogP) is -0.745. The Balaban J connectivity index is 2.43. The maximum Gasteiger partial charge on any atom is 0.163 e. The van der Waals surface area contributed by atoms with E-state index in [4.69, 9.17) is 5.26 Å². The van der Waals surface area contributed by atoms with Gasteiger partial charge in [0.1, 0.15) is 0 Å². The third kappa shape index (κ3) is 1.92. The van der Waals surface area contributed by atoms with Gasteiger partial charge >= 0.3 is 0 Å². The molecule has 0 aromatic carbocycles. The van der Waals surface area contributed by atoms with Gasteiger partial charge in [0.15, 0.2) is 9.04 Å². The maximum atomic E-state index is 7.59. The molecule has 0 amide bonds. The van der Waals surface area contributed by atoms with Crippen LogP contribution >= 0.6 is 0 Å². The van der Waals surface area contributed by atoms with Crippen LogP contribution in [0.5, 0.6) is 0 Å². The Hall–Kier alpha value is -0.0762. The molecule has 3 heteroatoms. The van der Waals surface area contributed by atoms with Gasteiger partial charge in [-0.05, 0) is 0 Å². The molecule has 0 aromatic rings. The highest BCUT2D eigenvalue weighted by atomic mass is 29.1. The number of nitriles is 1. The summed E-state index contributed by atoms with van der Waals surface area (Å²) in [4.78, 5) is 0. The third-order valence-electron chi connectivity index (χ3n) is 0.0559. The molecule has 0 unspecified atom stereocenters. The van der Waals surface area contributed by atoms with Crippen molar-refractivity contribution in [2.45, 2.75) is 0 Å². The van der Waals surface area contributed by atoms with Crippen LogP contribution in [0.25, 0.3) is 0 Å². The van der Waals surface area contributed by atoms with Gasteiger partial charge in [-0.15, -0.1) is 0 Å². The normalized spacial score (nSPS) is 5.00. The first kappa shape index (κ1) is 3.92. The van der Waals surface area contributed by atoms with E-state index in [2.05, 4.69) is 9.76 Å². The predicted molar refractivity (Wildman–Crippen MR) is 17.1 cm³/mol. The Morgan fingerprint density at radius 3 is 2.25 bits per heavy atom. The maximum absolute atomic E-state index is 7.59. The molecule has 0 rings (SSSR count). The van der Waals surface area contributed by atoms with Gasteiger partial charge in [-0.1, -0.05) is 0 Å². The van der Waals surface area contributed by atoms with Crippen molar-refractivity contribution in [3.63, 3.8) is 0 Å². The minimum atomic E-state index is 0.252. The second-order valence-electron chi connectivity index (χ2n) is 0.237. The van der Waals surface area contributed by atoms with E-state index < -0.39 is 0 Å². The zero-order chi connectivity index (χ0) is 3.41. The van der Waals surface area contributed by atoms with Crippen molar-refractivity contribution in [3.8, 4) is 5.69 Å². The second-order valence-corrected chi connectivity index (χ2v) is 1.46. The lowest BCUT2D eigenvalue weighted by Crippen LogP contribution is -1.75. The highest BCUT2D eigenvalue weighted by Gasteiger charge is 1.56. The fourth-order valence-corrected chi connectivity index (χ4v) is 0. The van der Waals surface area contributed by atoms with Crippen LogP contribution in [0.15, 0.2) is 0 Å². The molecular weight excluding hydrogens is 82.2 g/mol. The molecule has 0 aliphatic heterocycles. The van der Waals surface area contributed by atoms with Crippen molar-refractivity contribution in [3.05, 3.63) is 0 Å². The van der Waals surface area contributed by atoms with Crippen LogP contribution in [0.3, 0.4) is 0 Å². The third-order valence-corrected chi connectivity index (χ3v) is 0.503. The molecule has 0 aliphatic rings. The number of hydrogen-bond acceptors (Lipinski definition) is 1. The summed E-state index contributed by atoms with van der Waals surface area (Å²) in [6, 6.07) is 0. The molecule has 1 nitrogen and oxygen atoms in total. The van der Waals surface area contributed by atoms with E-state index in [1.165, 1.54) is 0 Å². The van der Waals surface area contributed by atoms with E-state index >= 15 is 0 Å². The van der Waals surface area contributed by atoms with Crippen molar-refractivity contribution in [2.24, 2.45) is 0 Å². The van der Waals surface area contributed by atoms with Crippen molar-refractivity contribution in [1.29, 1.82) is 5.26 Å². The van der Waals surface area contributed by atoms with Crippen LogP contribution < -0.4 is 0 Å². The molecule has 0 aromatic heterocycles. The summed E-state index contributed by atoms with van der Waals surface area (Å²) in [6.07, 6.45) is 0. The molecular formula is CNSi2. The SMILES string of the molecule is N#C[Si][Si]. The second kappa shape index (κ2) is 2.92. The van der Waals surface area contributed by atoms with E-state index in [1.54, 1.807) is 0 Å². The van der Waals surface area contributed by atoms with Gasteiger partial charge in [0.05, 0.1) is 0 Å². The number of hydrogen-bond donors (Lipinski definition) is 0. The van der Waals surface area contributed by atoms with E-state index in [0.29, 0.717) is 0 Å². The summed E-state index contributed by atoms with van der Waals surface area (Å²) in [5.41, 5.74) is 1.87. The largest absolute Gasteiger partial charge is 0.208 e. The summed E-state index contributed by atoms with van der Waals surface area (Å²) < 4.78 is 0. The van der Waals surface area contributed by atoms with Crippen molar-refractivity contribution in [1.82, 2.24) is 0 Å². The summed E-state index contributed by atoms with van der Waals surface area (Å²) in [6.45, 7) is 0. The smallest absolute Gasteiger partial charge is 0.163 e. The van der Waals surface area contributed by atoms with Crippen LogP contribution in [0.1, 0.15) is 0 Å². The van der Waals surface area contributed by atoms with Gasteiger partial charge in [0.2, 0.25) is 0 Å². The van der Waals surface area contributed by atoms with E-state index in [1.807, 2.05) is 5.69 Å². The lowest BCUT2D eigenvalue weighted by Gasteiger charge is -1.41. The summed E-state index contributed by atoms with van der Waals surface area (Å²) in [7, 11) is 3.21. The topological polar surface area (TPSA) is 23.8 Å². The molecule has 0 heterocycles. The summed E-state index contributed by atoms with van der Waals surface area (Å²) >= 11 is 0. The zero-order valence-corrected chi connectivity index (χ0v) is 3.95. The first-order chi connectivity index (χ1) is 1.91. The van der Waals surface area contributed by atoms with Gasteiger partial charge in [0, 0.05) is 15.5 Å². The molecule has 5 radical (unpaired) electrons. The Bertz CT molecular complexity index is 35.8. The monoisotopic (exact) mass is 82.0 g/mol. The van der Waals surface area contributed by atoms with Crippen LogP contribution in [0, 0.1) is 11.0 Å². The Labute approximate surface area is 30.7 Å². The molecule has 4 heavy (non-hydrogen) atoms. The average molecular weight is 82.2 g/mol. The first-order valence-corrected chi connectivity index (χ1v) is 3.22. The van der Waals surface area contributed by atoms with Crippen molar-refractivity contribution in [2.75, 3.05) is 0 Å². The molecule has 0 atom stereocenters. The highest BCUT2D eigenvalue weighted by Crippen LogP contribution is 1.25. The Morgan fingerprint density at radius 2 is 2.25 bits per heavy atom. The lowest BCUT2D eigenvalue weighted by molar-refractivity contribution is 1.56. The van der Waals surface area contributed by atoms with Crippen molar-refractivity contribution >= 4 is 18.8 Å². The fourth-order valence-electron chi connectivity index (χ4n) is 0. The van der Waals surface area contributed by atoms with Gasteiger partial charge in [0.25, 0.3) is 0 Å². The minimum Gasteiger partial charge on any atom is -0.208 e. The standard InChI is InChI=1S/CNSi2/c2-1-4-3. The molecule has 0 fully saturated rings. The molecule has 0 saturated carbocycles. The van der Waals surface area contributed by atoms with Crippen LogP contribution in [-0.2, 0) is 0 Å². The summed E-state index contributed by atoms with van der Waals surface area (Å²) in [5, 5.41) is 7.59. The molecule has 0 spiro atoms. The number of rotatable bonds is 0. The molecule has 0 aliphatic carbocycles. The Morgan fingerprint density at radius 1 is 2.00 bits per heavy atom. The van der Waals surface area contributed by atoms with Gasteiger partial charge in [-0.2, -0.15) is 0 Å². The fraction of sp³-hybridized carbons (Fsp3) is 0. The molecule has 0 saturated heterocycles. The first-order valence-electron chi connectivity index (χ1n) is 0.724. The quantitative estimate of drug-likeness (QED) is 0.353. The highest BCUT2D eigenvalue weighted by molar-refractivity contribution is 6.94. The molecule has 17 valence electrons. The van der Waals surface area contributed by atoms with Crippen LogP contribution in [0.4, 0.5) is 0 Å². The van der Waals surface area contributed by atoms with E-state index in [-0.39, 0.29) is 9.04 Å². The molecule has 0 bridgehead atoms. The molecule has 0 N–H and O–H groups in total. The van der Waals surface area contributed by atoms with E-state index in [0.717, 1.165) is 0 Å². The summed E-state index contributed by atoms with van der Waals surface area (Å²) in [5.74, 6) is 0. The lowest BCUT2D eigenvalue weighted by atomic mass is 11.8. The van der Waals surface area contributed by atoms with Gasteiger partial charge < -0.3 is 0 Å². The Kier molecular flexibility index (Phi) is 2.87. The van der Waals surface area contributed by atoms with Crippen LogP contribution in [0.2, 0.25) is 0 Å². The minimum absolute atomic E-state index is 0.252. The zero-order valence-electron chi connectivity index (χ0n) is 1.95. The average Bonchev–Trinajstić information content (AvgIpc) is 1.37. The van der Waals surface area contributed by atoms with Crippen LogP contribution in [-0.4, -0.2) is 18.8 Å². The van der Waals surface area contributed by atoms with Gasteiger partial charge in [-0.3, -0.25) is 0 Å². The number of nitrogens with zero attached hydrogens (tertiary/aromatic N) is 1. The van der Waals surface area contributed by atoms with Gasteiger partial charge in [-0.25, -0.2) is 5.26 Å². The van der Waals surface area contributed by atoms with Crippen molar-refractivity contribution < 1.29 is 0 Å². The van der Waals surface area contributed by atoms with E-state index in [9.17, 15) is 0 Å².